The molecule has 2 aliphatic rings. The molecule has 1 aromatic carbocycles. The van der Waals surface area contributed by atoms with E-state index in [0.29, 0.717) is 35.6 Å². The van der Waals surface area contributed by atoms with E-state index < -0.39 is 15.9 Å². The van der Waals surface area contributed by atoms with E-state index in [-0.39, 0.29) is 36.0 Å². The minimum atomic E-state index is -3.80. The number of rotatable bonds is 6. The molecule has 0 atom stereocenters. The zero-order valence-electron chi connectivity index (χ0n) is 17.1. The molecule has 1 aromatic heterocycles. The summed E-state index contributed by atoms with van der Waals surface area (Å²) in [5.41, 5.74) is 1.90. The van der Waals surface area contributed by atoms with Crippen molar-refractivity contribution in [3.05, 3.63) is 45.8 Å². The summed E-state index contributed by atoms with van der Waals surface area (Å²) in [7, 11) is -3.80. The quantitative estimate of drug-likeness (QED) is 0.660. The van der Waals surface area contributed by atoms with Crippen molar-refractivity contribution >= 4 is 32.3 Å². The van der Waals surface area contributed by atoms with E-state index >= 15 is 0 Å². The standard InChI is InChI=1S/C21H22F2N4O3S2/c22-21(23)8-14(9-21)11-27-6-5-18-17(12-27)16(10-24)20(31-18)26-19(28)7-13-1-3-15(4-2-13)32(25,29)30/h1-4,14H,5-9,11-12H2,(H,26,28)(H2,25,29,30). The maximum absolute atomic E-state index is 13.1. The molecule has 170 valence electrons. The van der Waals surface area contributed by atoms with Crippen molar-refractivity contribution in [1.29, 1.82) is 5.26 Å². The SMILES string of the molecule is N#Cc1c(NC(=O)Cc2ccc(S(N)(=O)=O)cc2)sc2c1CN(CC1CC(F)(F)C1)CC2. The van der Waals surface area contributed by atoms with Gasteiger partial charge in [0.2, 0.25) is 21.9 Å². The topological polar surface area (TPSA) is 116 Å². The number of sulfonamides is 1. The van der Waals surface area contributed by atoms with Gasteiger partial charge in [-0.15, -0.1) is 11.3 Å². The fourth-order valence-electron chi connectivity index (χ4n) is 4.24. The summed E-state index contributed by atoms with van der Waals surface area (Å²) in [5, 5.41) is 18.0. The van der Waals surface area contributed by atoms with Gasteiger partial charge in [0.1, 0.15) is 11.1 Å². The van der Waals surface area contributed by atoms with Gasteiger partial charge in [0.15, 0.2) is 0 Å². The second-order valence-electron chi connectivity index (χ2n) is 8.35. The maximum atomic E-state index is 13.1. The third-order valence-electron chi connectivity index (χ3n) is 5.80. The number of fused-ring (bicyclic) bond motifs is 1. The first kappa shape index (κ1) is 22.8. The lowest BCUT2D eigenvalue weighted by Gasteiger charge is -2.39. The van der Waals surface area contributed by atoms with Crippen LogP contribution in [0, 0.1) is 17.2 Å². The molecule has 1 fully saturated rings. The Hall–Kier alpha value is -2.39. The number of nitrogens with one attached hydrogen (secondary N) is 1. The lowest BCUT2D eigenvalue weighted by atomic mass is 9.81. The molecule has 0 spiro atoms. The number of carbonyl (C=O) groups is 1. The Kier molecular flexibility index (Phi) is 6.06. The Bertz CT molecular complexity index is 1180. The number of anilines is 1. The van der Waals surface area contributed by atoms with Crippen molar-refractivity contribution < 1.29 is 22.0 Å². The van der Waals surface area contributed by atoms with Crippen LogP contribution in [0.2, 0.25) is 0 Å². The molecule has 1 aliphatic carbocycles. The van der Waals surface area contributed by atoms with Crippen molar-refractivity contribution in [3.63, 3.8) is 0 Å². The Morgan fingerprint density at radius 2 is 2.00 bits per heavy atom. The lowest BCUT2D eigenvalue weighted by Crippen LogP contribution is -2.43. The van der Waals surface area contributed by atoms with Crippen molar-refractivity contribution in [1.82, 2.24) is 4.90 Å². The fraction of sp³-hybridized carbons (Fsp3) is 0.429. The average Bonchev–Trinajstić information content (AvgIpc) is 3.02. The second kappa shape index (κ2) is 8.51. The highest BCUT2D eigenvalue weighted by Gasteiger charge is 2.45. The van der Waals surface area contributed by atoms with Crippen LogP contribution in [0.25, 0.3) is 0 Å². The summed E-state index contributed by atoms with van der Waals surface area (Å²) in [4.78, 5) is 15.6. The van der Waals surface area contributed by atoms with Gasteiger partial charge in [0.25, 0.3) is 0 Å². The molecule has 4 rings (SSSR count). The highest BCUT2D eigenvalue weighted by molar-refractivity contribution is 7.89. The van der Waals surface area contributed by atoms with Crippen LogP contribution in [0.1, 0.15) is 34.4 Å². The van der Waals surface area contributed by atoms with E-state index in [1.165, 1.54) is 35.6 Å². The van der Waals surface area contributed by atoms with Crippen LogP contribution < -0.4 is 10.5 Å². The maximum Gasteiger partial charge on any atom is 0.248 e. The summed E-state index contributed by atoms with van der Waals surface area (Å²) in [6.07, 6.45) is 0.568. The Balaban J connectivity index is 1.41. The molecule has 0 unspecified atom stereocenters. The number of hydrogen-bond acceptors (Lipinski definition) is 6. The molecule has 1 amide bonds. The number of alkyl halides is 2. The molecule has 32 heavy (non-hydrogen) atoms. The van der Waals surface area contributed by atoms with Crippen LogP contribution in [-0.2, 0) is 34.2 Å². The summed E-state index contributed by atoms with van der Waals surface area (Å²) < 4.78 is 48.9. The molecule has 2 heterocycles. The van der Waals surface area contributed by atoms with Crippen LogP contribution in [0.4, 0.5) is 13.8 Å². The third-order valence-corrected chi connectivity index (χ3v) is 7.94. The molecule has 3 N–H and O–H groups in total. The molecule has 1 aliphatic heterocycles. The number of amides is 1. The molecule has 0 radical (unpaired) electrons. The fourth-order valence-corrected chi connectivity index (χ4v) is 5.92. The number of halogens is 2. The first-order chi connectivity index (χ1) is 15.0. The average molecular weight is 481 g/mol. The summed E-state index contributed by atoms with van der Waals surface area (Å²) in [6.45, 7) is 1.85. The monoisotopic (exact) mass is 480 g/mol. The number of benzene rings is 1. The van der Waals surface area contributed by atoms with Crippen molar-refractivity contribution in [2.24, 2.45) is 11.1 Å². The predicted molar refractivity (Wildman–Crippen MR) is 116 cm³/mol. The Morgan fingerprint density at radius 3 is 2.59 bits per heavy atom. The molecular weight excluding hydrogens is 458 g/mol. The van der Waals surface area contributed by atoms with Crippen LogP contribution >= 0.6 is 11.3 Å². The smallest absolute Gasteiger partial charge is 0.248 e. The van der Waals surface area contributed by atoms with Gasteiger partial charge in [-0.1, -0.05) is 12.1 Å². The highest BCUT2D eigenvalue weighted by Crippen LogP contribution is 2.43. The Morgan fingerprint density at radius 1 is 1.31 bits per heavy atom. The van der Waals surface area contributed by atoms with Gasteiger partial charge >= 0.3 is 0 Å². The van der Waals surface area contributed by atoms with Crippen molar-refractivity contribution in [3.8, 4) is 6.07 Å². The first-order valence-corrected chi connectivity index (χ1v) is 12.5. The lowest BCUT2D eigenvalue weighted by molar-refractivity contribution is -0.117. The van der Waals surface area contributed by atoms with E-state index in [1.807, 2.05) is 0 Å². The largest absolute Gasteiger partial charge is 0.316 e. The summed E-state index contributed by atoms with van der Waals surface area (Å²) in [6, 6.07) is 7.90. The van der Waals surface area contributed by atoms with E-state index in [1.54, 1.807) is 0 Å². The minimum absolute atomic E-state index is 0.0142. The van der Waals surface area contributed by atoms with Crippen molar-refractivity contribution in [2.45, 2.75) is 43.0 Å². The van der Waals surface area contributed by atoms with Gasteiger partial charge in [-0.3, -0.25) is 9.69 Å². The number of nitriles is 1. The van der Waals surface area contributed by atoms with Gasteiger partial charge < -0.3 is 5.32 Å². The number of hydrogen-bond donors (Lipinski definition) is 2. The third kappa shape index (κ3) is 4.99. The van der Waals surface area contributed by atoms with Crippen molar-refractivity contribution in [2.75, 3.05) is 18.4 Å². The zero-order chi connectivity index (χ0) is 23.1. The molecule has 2 aromatic rings. The summed E-state index contributed by atoms with van der Waals surface area (Å²) >= 11 is 1.37. The van der Waals surface area contributed by atoms with E-state index in [2.05, 4.69) is 16.3 Å². The predicted octanol–water partition coefficient (Wildman–Crippen LogP) is 2.85. The van der Waals surface area contributed by atoms with Crippen LogP contribution in [0.15, 0.2) is 29.2 Å². The van der Waals surface area contributed by atoms with Gasteiger partial charge in [0.05, 0.1) is 16.9 Å². The number of nitrogens with zero attached hydrogens (tertiary/aromatic N) is 2. The number of primary sulfonamides is 1. The van der Waals surface area contributed by atoms with Gasteiger partial charge in [-0.25, -0.2) is 22.3 Å². The van der Waals surface area contributed by atoms with Gasteiger partial charge in [-0.05, 0) is 30.0 Å². The molecular formula is C21H22F2N4O3S2. The summed E-state index contributed by atoms with van der Waals surface area (Å²) in [5.74, 6) is -2.88. The molecule has 11 heteroatoms. The molecule has 0 bridgehead atoms. The number of thiophene rings is 1. The van der Waals surface area contributed by atoms with Gasteiger partial charge in [0, 0.05) is 42.9 Å². The number of carbonyl (C=O) groups excluding carboxylic acids is 1. The molecule has 1 saturated carbocycles. The molecule has 0 saturated heterocycles. The highest BCUT2D eigenvalue weighted by atomic mass is 32.2. The van der Waals surface area contributed by atoms with Crippen LogP contribution in [0.5, 0.6) is 0 Å². The van der Waals surface area contributed by atoms with E-state index in [9.17, 15) is 27.3 Å². The van der Waals surface area contributed by atoms with E-state index in [0.717, 1.165) is 17.0 Å². The normalized spacial score (nSPS) is 18.4. The first-order valence-electron chi connectivity index (χ1n) is 10.1. The van der Waals surface area contributed by atoms with Crippen LogP contribution in [0.3, 0.4) is 0 Å². The second-order valence-corrected chi connectivity index (χ2v) is 11.0. The van der Waals surface area contributed by atoms with E-state index in [4.69, 9.17) is 5.14 Å². The Labute approximate surface area is 188 Å². The van der Waals surface area contributed by atoms with Gasteiger partial charge in [-0.2, -0.15) is 5.26 Å². The minimum Gasteiger partial charge on any atom is -0.316 e. The number of nitrogens with two attached hydrogens (primary N) is 1. The van der Waals surface area contributed by atoms with Crippen LogP contribution in [-0.4, -0.2) is 38.2 Å². The zero-order valence-corrected chi connectivity index (χ0v) is 18.7. The molecule has 7 nitrogen and oxygen atoms in total.